The summed E-state index contributed by atoms with van der Waals surface area (Å²) in [4.78, 5) is 0. The molecule has 15 heavy (non-hydrogen) atoms. The summed E-state index contributed by atoms with van der Waals surface area (Å²) in [7, 11) is 1.50. The number of hydrogen-bond donors (Lipinski definition) is 3. The molecule has 4 nitrogen and oxygen atoms in total. The molecule has 0 atom stereocenters. The lowest BCUT2D eigenvalue weighted by atomic mass is 10.1. The number of phenolic OH excluding ortho intramolecular Hbond substituents is 1. The minimum atomic E-state index is -1.25. The zero-order valence-electron chi connectivity index (χ0n) is 8.68. The first-order valence-electron chi connectivity index (χ1n) is 4.85. The van der Waals surface area contributed by atoms with Crippen LogP contribution in [0.5, 0.6) is 11.5 Å². The monoisotopic (exact) mass is 212 g/mol. The largest absolute Gasteiger partial charge is 0.504 e. The van der Waals surface area contributed by atoms with Gasteiger partial charge in [-0.1, -0.05) is 6.07 Å². The van der Waals surface area contributed by atoms with Crippen LogP contribution in [0, 0.1) is 0 Å². The van der Waals surface area contributed by atoms with E-state index in [2.05, 4.69) is 0 Å². The molecule has 1 rings (SSSR count). The molecule has 0 bridgehead atoms. The van der Waals surface area contributed by atoms with E-state index in [0.717, 1.165) is 12.0 Å². The van der Waals surface area contributed by atoms with Gasteiger partial charge in [-0.25, -0.2) is 0 Å². The fourth-order valence-electron chi connectivity index (χ4n) is 1.37. The summed E-state index contributed by atoms with van der Waals surface area (Å²) in [5.41, 5.74) is 1.00. The van der Waals surface area contributed by atoms with E-state index >= 15 is 0 Å². The van der Waals surface area contributed by atoms with Crippen molar-refractivity contribution in [3.63, 3.8) is 0 Å². The Hall–Kier alpha value is -1.26. The van der Waals surface area contributed by atoms with E-state index in [9.17, 15) is 5.11 Å². The Kier molecular flexibility index (Phi) is 4.39. The molecule has 0 spiro atoms. The highest BCUT2D eigenvalue weighted by Gasteiger charge is 2.03. The van der Waals surface area contributed by atoms with Gasteiger partial charge in [0, 0.05) is 0 Å². The molecule has 0 saturated heterocycles. The fraction of sp³-hybridized carbons (Fsp3) is 0.455. The smallest absolute Gasteiger partial charge is 0.160 e. The molecule has 0 radical (unpaired) electrons. The lowest BCUT2D eigenvalue weighted by molar-refractivity contribution is -0.0461. The normalized spacial score (nSPS) is 10.7. The number of aliphatic hydroxyl groups is 2. The molecule has 1 aromatic carbocycles. The van der Waals surface area contributed by atoms with Crippen molar-refractivity contribution in [3.05, 3.63) is 23.8 Å². The third-order valence-corrected chi connectivity index (χ3v) is 2.17. The lowest BCUT2D eigenvalue weighted by Gasteiger charge is -2.07. The van der Waals surface area contributed by atoms with Gasteiger partial charge in [-0.15, -0.1) is 0 Å². The molecule has 0 heterocycles. The van der Waals surface area contributed by atoms with Gasteiger partial charge in [-0.3, -0.25) is 0 Å². The Morgan fingerprint density at radius 1 is 1.33 bits per heavy atom. The van der Waals surface area contributed by atoms with Gasteiger partial charge in [0.05, 0.1) is 7.11 Å². The van der Waals surface area contributed by atoms with Crippen LogP contribution in [-0.4, -0.2) is 28.7 Å². The highest BCUT2D eigenvalue weighted by molar-refractivity contribution is 5.41. The topological polar surface area (TPSA) is 69.9 Å². The second-order valence-corrected chi connectivity index (χ2v) is 3.38. The van der Waals surface area contributed by atoms with E-state index in [1.54, 1.807) is 18.2 Å². The second-order valence-electron chi connectivity index (χ2n) is 3.38. The average molecular weight is 212 g/mol. The van der Waals surface area contributed by atoms with E-state index in [-0.39, 0.29) is 5.75 Å². The quantitative estimate of drug-likeness (QED) is 0.638. The number of benzene rings is 1. The highest BCUT2D eigenvalue weighted by atomic mass is 16.5. The van der Waals surface area contributed by atoms with Gasteiger partial charge >= 0.3 is 0 Å². The molecule has 4 heteroatoms. The average Bonchev–Trinajstić information content (AvgIpc) is 2.20. The number of methoxy groups -OCH3 is 1. The Labute approximate surface area is 88.8 Å². The van der Waals surface area contributed by atoms with Crippen LogP contribution in [0.3, 0.4) is 0 Å². The summed E-state index contributed by atoms with van der Waals surface area (Å²) >= 11 is 0. The predicted octanol–water partition coefficient (Wildman–Crippen LogP) is 1.03. The van der Waals surface area contributed by atoms with E-state index < -0.39 is 6.29 Å². The van der Waals surface area contributed by atoms with Gasteiger partial charge in [-0.2, -0.15) is 0 Å². The van der Waals surface area contributed by atoms with Crippen molar-refractivity contribution in [2.24, 2.45) is 0 Å². The molecule has 0 unspecified atom stereocenters. The summed E-state index contributed by atoms with van der Waals surface area (Å²) in [6, 6.07) is 5.12. The van der Waals surface area contributed by atoms with Crippen LogP contribution in [0.25, 0.3) is 0 Å². The number of ether oxygens (including phenoxy) is 1. The molecule has 0 aromatic heterocycles. The molecule has 0 aliphatic rings. The summed E-state index contributed by atoms with van der Waals surface area (Å²) in [6.07, 6.45) is 0.521. The van der Waals surface area contributed by atoms with E-state index in [1.807, 2.05) is 0 Å². The van der Waals surface area contributed by atoms with Crippen molar-refractivity contribution in [2.75, 3.05) is 7.11 Å². The predicted molar refractivity (Wildman–Crippen MR) is 55.8 cm³/mol. The maximum absolute atomic E-state index is 9.34. The fourth-order valence-corrected chi connectivity index (χ4v) is 1.37. The van der Waals surface area contributed by atoms with Crippen LogP contribution in [-0.2, 0) is 6.42 Å². The highest BCUT2D eigenvalue weighted by Crippen LogP contribution is 2.26. The lowest BCUT2D eigenvalue weighted by Crippen LogP contribution is -2.04. The minimum Gasteiger partial charge on any atom is -0.504 e. The van der Waals surface area contributed by atoms with Crippen LogP contribution in [0.2, 0.25) is 0 Å². The van der Waals surface area contributed by atoms with Crippen LogP contribution in [0.4, 0.5) is 0 Å². The summed E-state index contributed by atoms with van der Waals surface area (Å²) < 4.78 is 4.96. The summed E-state index contributed by atoms with van der Waals surface area (Å²) in [5.74, 6) is 0.556. The van der Waals surface area contributed by atoms with E-state index in [1.165, 1.54) is 7.11 Å². The van der Waals surface area contributed by atoms with E-state index in [0.29, 0.717) is 18.6 Å². The van der Waals surface area contributed by atoms with Gasteiger partial charge in [0.25, 0.3) is 0 Å². The molecular formula is C11H16O4. The number of aliphatic hydroxyl groups excluding tert-OH is 1. The number of aryl methyl sites for hydroxylation is 1. The standard InChI is InChI=1S/C11H16O4/c1-15-10-7-8(5-6-9(10)12)3-2-4-11(13)14/h5-7,11-14H,2-4H2,1H3. The van der Waals surface area contributed by atoms with Gasteiger partial charge in [0.2, 0.25) is 0 Å². The van der Waals surface area contributed by atoms with Crippen LogP contribution in [0.1, 0.15) is 18.4 Å². The van der Waals surface area contributed by atoms with Crippen molar-refractivity contribution in [2.45, 2.75) is 25.6 Å². The second kappa shape index (κ2) is 5.58. The molecule has 0 saturated carbocycles. The molecule has 0 fully saturated rings. The van der Waals surface area contributed by atoms with Gasteiger partial charge in [-0.05, 0) is 37.0 Å². The van der Waals surface area contributed by atoms with Gasteiger partial charge in [0.15, 0.2) is 17.8 Å². The van der Waals surface area contributed by atoms with Crippen LogP contribution in [0.15, 0.2) is 18.2 Å². The molecule has 0 aliphatic carbocycles. The maximum Gasteiger partial charge on any atom is 0.160 e. The molecule has 1 aromatic rings. The first-order valence-corrected chi connectivity index (χ1v) is 4.85. The van der Waals surface area contributed by atoms with Crippen molar-refractivity contribution in [3.8, 4) is 11.5 Å². The molecule has 84 valence electrons. The minimum absolute atomic E-state index is 0.114. The van der Waals surface area contributed by atoms with Gasteiger partial charge in [0.1, 0.15) is 0 Å². The van der Waals surface area contributed by atoms with E-state index in [4.69, 9.17) is 14.9 Å². The van der Waals surface area contributed by atoms with Crippen LogP contribution >= 0.6 is 0 Å². The third-order valence-electron chi connectivity index (χ3n) is 2.17. The molecule has 0 aliphatic heterocycles. The zero-order chi connectivity index (χ0) is 11.3. The summed E-state index contributed by atoms with van der Waals surface area (Å²) in [6.45, 7) is 0. The van der Waals surface area contributed by atoms with Crippen molar-refractivity contribution in [1.82, 2.24) is 0 Å². The molecule has 0 amide bonds. The Morgan fingerprint density at radius 2 is 2.07 bits per heavy atom. The third kappa shape index (κ3) is 3.77. The SMILES string of the molecule is COc1cc(CCCC(O)O)ccc1O. The van der Waals surface area contributed by atoms with Crippen molar-refractivity contribution in [1.29, 1.82) is 0 Å². The molecule has 3 N–H and O–H groups in total. The Morgan fingerprint density at radius 3 is 2.67 bits per heavy atom. The zero-order valence-corrected chi connectivity index (χ0v) is 8.68. The molecular weight excluding hydrogens is 196 g/mol. The maximum atomic E-state index is 9.34. The number of rotatable bonds is 5. The van der Waals surface area contributed by atoms with Crippen molar-refractivity contribution >= 4 is 0 Å². The van der Waals surface area contributed by atoms with Gasteiger partial charge < -0.3 is 20.1 Å². The number of aromatic hydroxyl groups is 1. The van der Waals surface area contributed by atoms with Crippen LogP contribution < -0.4 is 4.74 Å². The Bertz CT molecular complexity index is 309. The first kappa shape index (κ1) is 11.8. The Balaban J connectivity index is 2.54. The number of phenols is 1. The first-order chi connectivity index (χ1) is 7.13. The summed E-state index contributed by atoms with van der Waals surface area (Å²) in [5, 5.41) is 26.7. The van der Waals surface area contributed by atoms with Crippen molar-refractivity contribution < 1.29 is 20.1 Å². The number of hydrogen-bond acceptors (Lipinski definition) is 4.